The summed E-state index contributed by atoms with van der Waals surface area (Å²) >= 11 is 0. The van der Waals surface area contributed by atoms with Crippen LogP contribution >= 0.6 is 0 Å². The quantitative estimate of drug-likeness (QED) is 0.456. The lowest BCUT2D eigenvalue weighted by atomic mass is 9.99. The minimum atomic E-state index is -1.57. The summed E-state index contributed by atoms with van der Waals surface area (Å²) in [5.74, 6) is -0.673. The van der Waals surface area contributed by atoms with E-state index in [2.05, 4.69) is 6.58 Å². The highest BCUT2D eigenvalue weighted by Crippen LogP contribution is 2.24. The van der Waals surface area contributed by atoms with Crippen molar-refractivity contribution in [2.24, 2.45) is 0 Å². The largest absolute Gasteiger partial charge is 0.457 e. The molecule has 1 heterocycles. The van der Waals surface area contributed by atoms with Crippen molar-refractivity contribution in [2.45, 2.75) is 57.1 Å². The molecule has 116 valence electrons. The summed E-state index contributed by atoms with van der Waals surface area (Å²) < 4.78 is 15.4. The molecule has 3 N–H and O–H groups in total. The molecule has 1 rings (SSSR count). The van der Waals surface area contributed by atoms with Gasteiger partial charge in [0.2, 0.25) is 0 Å². The molecule has 1 saturated heterocycles. The summed E-state index contributed by atoms with van der Waals surface area (Å²) in [5.41, 5.74) is -0.638. The van der Waals surface area contributed by atoms with E-state index in [4.69, 9.17) is 14.2 Å². The van der Waals surface area contributed by atoms with Crippen molar-refractivity contribution in [3.63, 3.8) is 0 Å². The van der Waals surface area contributed by atoms with Crippen LogP contribution in [0.1, 0.15) is 20.8 Å². The average molecular weight is 290 g/mol. The summed E-state index contributed by atoms with van der Waals surface area (Å²) in [6.07, 6.45) is -5.01. The molecule has 0 radical (unpaired) electrons. The predicted octanol–water partition coefficient (Wildman–Crippen LogP) is -0.662. The molecule has 0 bridgehead atoms. The first-order valence-electron chi connectivity index (χ1n) is 6.32. The highest BCUT2D eigenvalue weighted by Gasteiger charge is 2.46. The van der Waals surface area contributed by atoms with Crippen molar-refractivity contribution in [3.8, 4) is 0 Å². The van der Waals surface area contributed by atoms with Gasteiger partial charge in [-0.2, -0.15) is 0 Å². The average Bonchev–Trinajstić information content (AvgIpc) is 2.37. The first kappa shape index (κ1) is 17.1. The highest BCUT2D eigenvalue weighted by atomic mass is 16.7. The van der Waals surface area contributed by atoms with E-state index >= 15 is 0 Å². The van der Waals surface area contributed by atoms with Crippen LogP contribution in [0.3, 0.4) is 0 Å². The molecule has 0 aromatic rings. The van der Waals surface area contributed by atoms with Crippen LogP contribution in [0.2, 0.25) is 0 Å². The summed E-state index contributed by atoms with van der Waals surface area (Å²) in [4.78, 5) is 11.0. The van der Waals surface area contributed by atoms with Crippen LogP contribution in [0.5, 0.6) is 0 Å². The van der Waals surface area contributed by atoms with Crippen LogP contribution in [0.4, 0.5) is 0 Å². The molecule has 1 aliphatic rings. The first-order chi connectivity index (χ1) is 9.18. The van der Waals surface area contributed by atoms with Gasteiger partial charge in [-0.1, -0.05) is 6.08 Å². The zero-order valence-corrected chi connectivity index (χ0v) is 11.9. The zero-order chi connectivity index (χ0) is 15.5. The lowest BCUT2D eigenvalue weighted by molar-refractivity contribution is -0.294. The number of aliphatic hydroxyl groups excluding tert-OH is 3. The standard InChI is InChI=1S/C13H22O7/c1-5-13(3,4)18-6-8-9(15)11(19-7(2)14)10(16)12(17)20-8/h5,8-12,15-17H,1,6H2,2-4H3/t8-,9-,10-,11+,12+/m1/s1. The Morgan fingerprint density at radius 1 is 1.35 bits per heavy atom. The molecule has 0 aliphatic carbocycles. The van der Waals surface area contributed by atoms with Crippen molar-refractivity contribution in [1.82, 2.24) is 0 Å². The Hall–Kier alpha value is -0.990. The number of esters is 1. The number of hydrogen-bond acceptors (Lipinski definition) is 7. The van der Waals surface area contributed by atoms with Crippen molar-refractivity contribution in [2.75, 3.05) is 6.61 Å². The van der Waals surface area contributed by atoms with Gasteiger partial charge in [-0.05, 0) is 13.8 Å². The van der Waals surface area contributed by atoms with Gasteiger partial charge in [-0.25, -0.2) is 0 Å². The maximum absolute atomic E-state index is 11.0. The maximum atomic E-state index is 11.0. The van der Waals surface area contributed by atoms with Crippen LogP contribution in [0.15, 0.2) is 12.7 Å². The second-order valence-corrected chi connectivity index (χ2v) is 5.24. The fourth-order valence-corrected chi connectivity index (χ4v) is 1.74. The van der Waals surface area contributed by atoms with Gasteiger partial charge in [0, 0.05) is 6.92 Å². The fourth-order valence-electron chi connectivity index (χ4n) is 1.74. The number of carbonyl (C=O) groups is 1. The molecule has 0 unspecified atom stereocenters. The van der Waals surface area contributed by atoms with Gasteiger partial charge in [0.05, 0.1) is 12.2 Å². The molecule has 0 aromatic heterocycles. The van der Waals surface area contributed by atoms with E-state index in [1.54, 1.807) is 19.9 Å². The maximum Gasteiger partial charge on any atom is 0.303 e. The van der Waals surface area contributed by atoms with Crippen LogP contribution in [0, 0.1) is 0 Å². The van der Waals surface area contributed by atoms with Crippen molar-refractivity contribution < 1.29 is 34.3 Å². The summed E-state index contributed by atoms with van der Waals surface area (Å²) in [6.45, 7) is 8.24. The Bertz CT molecular complexity index is 355. The molecule has 1 aliphatic heterocycles. The van der Waals surface area contributed by atoms with Gasteiger partial charge in [-0.15, -0.1) is 6.58 Å². The number of rotatable bonds is 5. The van der Waals surface area contributed by atoms with Gasteiger partial charge >= 0.3 is 5.97 Å². The lowest BCUT2D eigenvalue weighted by Crippen LogP contribution is -2.60. The van der Waals surface area contributed by atoms with Crippen LogP contribution in [-0.4, -0.2) is 64.2 Å². The van der Waals surface area contributed by atoms with Crippen LogP contribution in [-0.2, 0) is 19.0 Å². The summed E-state index contributed by atoms with van der Waals surface area (Å²) in [5, 5.41) is 29.3. The van der Waals surface area contributed by atoms with Gasteiger partial charge in [0.1, 0.15) is 18.3 Å². The molecule has 0 spiro atoms. The third-order valence-electron chi connectivity index (χ3n) is 3.07. The Balaban J connectivity index is 2.72. The summed E-state index contributed by atoms with van der Waals surface area (Å²) in [6, 6.07) is 0. The smallest absolute Gasteiger partial charge is 0.303 e. The fraction of sp³-hybridized carbons (Fsp3) is 0.769. The minimum Gasteiger partial charge on any atom is -0.457 e. The summed E-state index contributed by atoms with van der Waals surface area (Å²) in [7, 11) is 0. The number of ether oxygens (including phenoxy) is 3. The molecule has 1 fully saturated rings. The van der Waals surface area contributed by atoms with E-state index in [1.807, 2.05) is 0 Å². The second kappa shape index (κ2) is 6.64. The van der Waals surface area contributed by atoms with Gasteiger partial charge in [0.25, 0.3) is 0 Å². The van der Waals surface area contributed by atoms with E-state index in [0.717, 1.165) is 6.92 Å². The Kier molecular flexibility index (Phi) is 5.67. The van der Waals surface area contributed by atoms with Crippen molar-refractivity contribution in [3.05, 3.63) is 12.7 Å². The van der Waals surface area contributed by atoms with E-state index in [-0.39, 0.29) is 6.61 Å². The van der Waals surface area contributed by atoms with E-state index in [0.29, 0.717) is 0 Å². The molecule has 5 atom stereocenters. The topological polar surface area (TPSA) is 105 Å². The molecule has 20 heavy (non-hydrogen) atoms. The lowest BCUT2D eigenvalue weighted by Gasteiger charge is -2.40. The predicted molar refractivity (Wildman–Crippen MR) is 68.7 cm³/mol. The van der Waals surface area contributed by atoms with Gasteiger partial charge in [0.15, 0.2) is 12.4 Å². The minimum absolute atomic E-state index is 0.0538. The molecule has 7 heteroatoms. The monoisotopic (exact) mass is 290 g/mol. The number of hydrogen-bond donors (Lipinski definition) is 3. The Morgan fingerprint density at radius 2 is 1.95 bits per heavy atom. The molecular formula is C13H22O7. The molecule has 0 saturated carbocycles. The Labute approximate surface area is 117 Å². The van der Waals surface area contributed by atoms with Crippen molar-refractivity contribution >= 4 is 5.97 Å². The van der Waals surface area contributed by atoms with Gasteiger partial charge < -0.3 is 29.5 Å². The second-order valence-electron chi connectivity index (χ2n) is 5.24. The van der Waals surface area contributed by atoms with E-state index in [9.17, 15) is 20.1 Å². The van der Waals surface area contributed by atoms with Crippen LogP contribution in [0.25, 0.3) is 0 Å². The van der Waals surface area contributed by atoms with Gasteiger partial charge in [-0.3, -0.25) is 4.79 Å². The highest BCUT2D eigenvalue weighted by molar-refractivity contribution is 5.66. The zero-order valence-electron chi connectivity index (χ0n) is 11.9. The molecule has 0 aromatic carbocycles. The van der Waals surface area contributed by atoms with E-state index in [1.165, 1.54) is 0 Å². The normalized spacial score (nSPS) is 34.6. The number of aliphatic hydroxyl groups is 3. The van der Waals surface area contributed by atoms with Crippen LogP contribution < -0.4 is 0 Å². The molecular weight excluding hydrogens is 268 g/mol. The molecule has 7 nitrogen and oxygen atoms in total. The third kappa shape index (κ3) is 4.26. The first-order valence-corrected chi connectivity index (χ1v) is 6.32. The Morgan fingerprint density at radius 3 is 2.45 bits per heavy atom. The molecule has 0 amide bonds. The SMILES string of the molecule is C=CC(C)(C)OC[C@H]1O[C@H](O)[C@H](O)[C@@H](OC(C)=O)[C@@H]1O. The number of carbonyl (C=O) groups excluding carboxylic acids is 1. The van der Waals surface area contributed by atoms with Crippen molar-refractivity contribution in [1.29, 1.82) is 0 Å². The van der Waals surface area contributed by atoms with E-state index < -0.39 is 42.3 Å². The third-order valence-corrected chi connectivity index (χ3v) is 3.07.